The normalized spacial score (nSPS) is 14.6. The summed E-state index contributed by atoms with van der Waals surface area (Å²) in [6.45, 7) is 6.77. The van der Waals surface area contributed by atoms with Crippen LogP contribution in [0.2, 0.25) is 0 Å². The van der Waals surface area contributed by atoms with Crippen molar-refractivity contribution in [3.63, 3.8) is 0 Å². The highest BCUT2D eigenvalue weighted by atomic mass is 32.2. The van der Waals surface area contributed by atoms with Crippen LogP contribution in [0.25, 0.3) is 17.1 Å². The summed E-state index contributed by atoms with van der Waals surface area (Å²) in [5, 5.41) is 12.4. The molecule has 1 aliphatic rings. The first-order valence-corrected chi connectivity index (χ1v) is 12.5. The maximum atomic E-state index is 12.8. The number of carbonyl (C=O) groups is 1. The van der Waals surface area contributed by atoms with Crippen molar-refractivity contribution >= 4 is 17.7 Å². The van der Waals surface area contributed by atoms with E-state index in [4.69, 9.17) is 0 Å². The number of carbonyl (C=O) groups excluding carboxylic acids is 1. The number of nitrogens with one attached hydrogen (secondary N) is 1. The average Bonchev–Trinajstić information content (AvgIpc) is 3.23. The van der Waals surface area contributed by atoms with Gasteiger partial charge in [0.25, 0.3) is 0 Å². The van der Waals surface area contributed by atoms with E-state index in [1.807, 2.05) is 23.6 Å². The van der Waals surface area contributed by atoms with Gasteiger partial charge in [-0.05, 0) is 76.6 Å². The summed E-state index contributed by atoms with van der Waals surface area (Å²) in [5.41, 5.74) is 5.68. The lowest BCUT2D eigenvalue weighted by Crippen LogP contribution is -2.32. The Labute approximate surface area is 199 Å². The highest BCUT2D eigenvalue weighted by Gasteiger charge is 2.22. The van der Waals surface area contributed by atoms with E-state index in [9.17, 15) is 4.79 Å². The molecular weight excluding hydrogens is 430 g/mol. The minimum Gasteiger partial charge on any atom is -0.355 e. The fourth-order valence-corrected chi connectivity index (χ4v) is 5.02. The Bertz CT molecular complexity index is 1140. The van der Waals surface area contributed by atoms with Gasteiger partial charge in [0.05, 0.1) is 10.9 Å². The Morgan fingerprint density at radius 1 is 1.21 bits per heavy atom. The second kappa shape index (κ2) is 10.8. The first-order valence-electron chi connectivity index (χ1n) is 11.6. The monoisotopic (exact) mass is 461 g/mol. The lowest BCUT2D eigenvalue weighted by Gasteiger charge is -2.16. The number of hydrogen-bond donors (Lipinski definition) is 1. The molecule has 6 nitrogen and oxygen atoms in total. The maximum Gasteiger partial charge on any atom is 0.233 e. The summed E-state index contributed by atoms with van der Waals surface area (Å²) in [7, 11) is 0. The molecule has 2 heterocycles. The summed E-state index contributed by atoms with van der Waals surface area (Å²) in [6, 6.07) is 10.2. The van der Waals surface area contributed by atoms with Gasteiger partial charge in [-0.1, -0.05) is 41.1 Å². The van der Waals surface area contributed by atoms with Gasteiger partial charge in [-0.25, -0.2) is 0 Å². The fraction of sp³-hybridized carbons (Fsp3) is 0.385. The second-order valence-corrected chi connectivity index (χ2v) is 9.89. The molecule has 2 aromatic heterocycles. The number of allylic oxidation sites excluding steroid dienone is 1. The third-order valence-corrected chi connectivity index (χ3v) is 6.97. The van der Waals surface area contributed by atoms with Gasteiger partial charge in [-0.3, -0.25) is 14.3 Å². The number of aromatic nitrogens is 4. The van der Waals surface area contributed by atoms with E-state index in [0.29, 0.717) is 11.7 Å². The summed E-state index contributed by atoms with van der Waals surface area (Å²) < 4.78 is 2.03. The molecule has 1 amide bonds. The predicted octanol–water partition coefficient (Wildman–Crippen LogP) is 5.43. The molecule has 7 heteroatoms. The Hall–Kier alpha value is -2.93. The molecule has 4 rings (SSSR count). The Kier molecular flexibility index (Phi) is 7.60. The molecule has 1 N–H and O–H groups in total. The number of hydrogen-bond acceptors (Lipinski definition) is 5. The Morgan fingerprint density at radius 3 is 2.82 bits per heavy atom. The van der Waals surface area contributed by atoms with Crippen LogP contribution in [0, 0.1) is 13.8 Å². The van der Waals surface area contributed by atoms with E-state index in [0.717, 1.165) is 35.5 Å². The number of pyridine rings is 1. The van der Waals surface area contributed by atoms with Crippen molar-refractivity contribution in [1.29, 1.82) is 0 Å². The van der Waals surface area contributed by atoms with Crippen LogP contribution in [-0.2, 0) is 4.79 Å². The molecule has 0 saturated heterocycles. The zero-order chi connectivity index (χ0) is 23.2. The van der Waals surface area contributed by atoms with Crippen LogP contribution in [0.1, 0.15) is 50.2 Å². The summed E-state index contributed by atoms with van der Waals surface area (Å²) >= 11 is 1.43. The van der Waals surface area contributed by atoms with Gasteiger partial charge < -0.3 is 5.32 Å². The van der Waals surface area contributed by atoms with Crippen LogP contribution in [0.5, 0.6) is 0 Å². The molecule has 1 atom stereocenters. The van der Waals surface area contributed by atoms with Crippen LogP contribution < -0.4 is 5.32 Å². The largest absolute Gasteiger partial charge is 0.355 e. The van der Waals surface area contributed by atoms with Gasteiger partial charge >= 0.3 is 0 Å². The van der Waals surface area contributed by atoms with Crippen LogP contribution in [0.15, 0.2) is 59.5 Å². The molecule has 0 fully saturated rings. The third-order valence-electron chi connectivity index (χ3n) is 5.93. The van der Waals surface area contributed by atoms with Crippen molar-refractivity contribution < 1.29 is 4.79 Å². The predicted molar refractivity (Wildman–Crippen MR) is 134 cm³/mol. The second-order valence-electron chi connectivity index (χ2n) is 8.58. The summed E-state index contributed by atoms with van der Waals surface area (Å²) in [5.74, 6) is 0.740. The number of benzene rings is 1. The highest BCUT2D eigenvalue weighted by Crippen LogP contribution is 2.31. The van der Waals surface area contributed by atoms with E-state index < -0.39 is 0 Å². The lowest BCUT2D eigenvalue weighted by atomic mass is 9.97. The summed E-state index contributed by atoms with van der Waals surface area (Å²) in [4.78, 5) is 17.1. The van der Waals surface area contributed by atoms with Crippen molar-refractivity contribution in [3.05, 3.63) is 65.5 Å². The molecule has 0 saturated carbocycles. The standard InChI is InChI=1S/C26H31N5OS/c1-18-11-12-23(19(2)16-18)31-24(22-10-7-14-27-17-22)29-30-26(31)33-20(3)25(32)28-15-13-21-8-5-4-6-9-21/h7-8,10-12,14,16-17,20H,4-6,9,13,15H2,1-3H3,(H,28,32). The quantitative estimate of drug-likeness (QED) is 0.357. The first kappa shape index (κ1) is 23.2. The van der Waals surface area contributed by atoms with E-state index >= 15 is 0 Å². The SMILES string of the molecule is Cc1ccc(-n2c(SC(C)C(=O)NCCC3=CCCCC3)nnc2-c2cccnc2)c(C)c1. The zero-order valence-electron chi connectivity index (χ0n) is 19.5. The van der Waals surface area contributed by atoms with Crippen molar-refractivity contribution in [3.8, 4) is 17.1 Å². The van der Waals surface area contributed by atoms with Crippen molar-refractivity contribution in [2.24, 2.45) is 0 Å². The molecule has 0 spiro atoms. The fourth-order valence-electron chi connectivity index (χ4n) is 4.14. The molecule has 3 aromatic rings. The lowest BCUT2D eigenvalue weighted by molar-refractivity contribution is -0.120. The molecule has 0 bridgehead atoms. The van der Waals surface area contributed by atoms with Crippen LogP contribution in [-0.4, -0.2) is 37.5 Å². The molecule has 172 valence electrons. The van der Waals surface area contributed by atoms with E-state index in [1.54, 1.807) is 12.4 Å². The van der Waals surface area contributed by atoms with Crippen molar-refractivity contribution in [2.75, 3.05) is 6.54 Å². The maximum absolute atomic E-state index is 12.8. The Balaban J connectivity index is 1.54. The van der Waals surface area contributed by atoms with Crippen LogP contribution in [0.3, 0.4) is 0 Å². The molecular formula is C26H31N5OS. The minimum absolute atomic E-state index is 0.0227. The molecule has 33 heavy (non-hydrogen) atoms. The zero-order valence-corrected chi connectivity index (χ0v) is 20.4. The van der Waals surface area contributed by atoms with Crippen LogP contribution in [0.4, 0.5) is 0 Å². The van der Waals surface area contributed by atoms with Gasteiger partial charge in [0.2, 0.25) is 5.91 Å². The highest BCUT2D eigenvalue weighted by molar-refractivity contribution is 8.00. The third kappa shape index (κ3) is 5.71. The van der Waals surface area contributed by atoms with E-state index in [1.165, 1.54) is 42.2 Å². The van der Waals surface area contributed by atoms with Gasteiger partial charge in [-0.2, -0.15) is 0 Å². The van der Waals surface area contributed by atoms with Crippen molar-refractivity contribution in [1.82, 2.24) is 25.1 Å². The molecule has 1 unspecified atom stereocenters. The van der Waals surface area contributed by atoms with Crippen LogP contribution >= 0.6 is 11.8 Å². The van der Waals surface area contributed by atoms with Gasteiger partial charge in [0, 0.05) is 24.5 Å². The number of amides is 1. The molecule has 1 aromatic carbocycles. The van der Waals surface area contributed by atoms with E-state index in [2.05, 4.69) is 58.6 Å². The number of nitrogens with zero attached hydrogens (tertiary/aromatic N) is 4. The average molecular weight is 462 g/mol. The summed E-state index contributed by atoms with van der Waals surface area (Å²) in [6.07, 6.45) is 11.7. The van der Waals surface area contributed by atoms with E-state index in [-0.39, 0.29) is 11.2 Å². The molecule has 0 aliphatic heterocycles. The number of thioether (sulfide) groups is 1. The first-order chi connectivity index (χ1) is 16.0. The number of aryl methyl sites for hydroxylation is 2. The van der Waals surface area contributed by atoms with Gasteiger partial charge in [0.1, 0.15) is 0 Å². The van der Waals surface area contributed by atoms with Crippen molar-refractivity contribution in [2.45, 2.75) is 63.3 Å². The topological polar surface area (TPSA) is 72.7 Å². The Morgan fingerprint density at radius 2 is 2.09 bits per heavy atom. The molecule has 0 radical (unpaired) electrons. The smallest absolute Gasteiger partial charge is 0.233 e. The molecule has 1 aliphatic carbocycles. The van der Waals surface area contributed by atoms with Gasteiger partial charge in [0.15, 0.2) is 11.0 Å². The minimum atomic E-state index is -0.291. The number of rotatable bonds is 8. The van der Waals surface area contributed by atoms with Gasteiger partial charge in [-0.15, -0.1) is 10.2 Å².